The summed E-state index contributed by atoms with van der Waals surface area (Å²) in [5.74, 6) is -0.314. The van der Waals surface area contributed by atoms with E-state index in [9.17, 15) is 19.2 Å². The van der Waals surface area contributed by atoms with Gasteiger partial charge in [0.25, 0.3) is 5.56 Å². The number of likely N-dealkylation sites (tertiary alicyclic amines) is 2. The van der Waals surface area contributed by atoms with Crippen LogP contribution in [0.3, 0.4) is 0 Å². The highest BCUT2D eigenvalue weighted by molar-refractivity contribution is 5.88. The van der Waals surface area contributed by atoms with Crippen LogP contribution in [-0.2, 0) is 9.59 Å². The molecule has 1 N–H and O–H groups in total. The van der Waals surface area contributed by atoms with Gasteiger partial charge in [-0.1, -0.05) is 6.58 Å². The second kappa shape index (κ2) is 7.72. The zero-order chi connectivity index (χ0) is 18.7. The van der Waals surface area contributed by atoms with E-state index in [1.807, 2.05) is 0 Å². The minimum atomic E-state index is -0.447. The first-order chi connectivity index (χ1) is 12.5. The molecule has 3 heterocycles. The van der Waals surface area contributed by atoms with Crippen LogP contribution >= 0.6 is 0 Å². The fourth-order valence-corrected chi connectivity index (χ4v) is 3.86. The fourth-order valence-electron chi connectivity index (χ4n) is 3.86. The standard InChI is InChI=1S/C18H24N4O4/c1-2-16(24)20-8-3-5-13(11-20)17(25)21-9-4-6-14(12-21)22-10-7-15(23)19-18(22)26/h2,7,10,13-14H,1,3-6,8-9,11-12H2,(H,19,23,26). The second-order valence-electron chi connectivity index (χ2n) is 6.93. The Morgan fingerprint density at radius 2 is 1.85 bits per heavy atom. The molecule has 0 spiro atoms. The number of rotatable bonds is 3. The molecule has 2 unspecified atom stereocenters. The molecule has 2 atom stereocenters. The third-order valence-electron chi connectivity index (χ3n) is 5.21. The van der Waals surface area contributed by atoms with Crippen molar-refractivity contribution in [3.63, 3.8) is 0 Å². The van der Waals surface area contributed by atoms with Gasteiger partial charge in [0.15, 0.2) is 0 Å². The highest BCUT2D eigenvalue weighted by Gasteiger charge is 2.33. The van der Waals surface area contributed by atoms with Crippen molar-refractivity contribution in [3.05, 3.63) is 45.8 Å². The fraction of sp³-hybridized carbons (Fsp3) is 0.556. The number of amides is 2. The van der Waals surface area contributed by atoms with Crippen LogP contribution in [0.5, 0.6) is 0 Å². The first kappa shape index (κ1) is 18.2. The van der Waals surface area contributed by atoms with E-state index in [-0.39, 0.29) is 23.8 Å². The van der Waals surface area contributed by atoms with Gasteiger partial charge >= 0.3 is 5.69 Å². The average Bonchev–Trinajstić information content (AvgIpc) is 2.67. The topological polar surface area (TPSA) is 95.5 Å². The Hall–Kier alpha value is -2.64. The third-order valence-corrected chi connectivity index (χ3v) is 5.21. The van der Waals surface area contributed by atoms with Crippen LogP contribution in [0.4, 0.5) is 0 Å². The van der Waals surface area contributed by atoms with Gasteiger partial charge in [0, 0.05) is 38.4 Å². The first-order valence-electron chi connectivity index (χ1n) is 9.01. The highest BCUT2D eigenvalue weighted by atomic mass is 16.2. The van der Waals surface area contributed by atoms with E-state index in [0.717, 1.165) is 25.7 Å². The molecule has 0 bridgehead atoms. The Kier molecular flexibility index (Phi) is 5.39. The molecular formula is C18H24N4O4. The molecule has 1 aromatic rings. The molecule has 140 valence electrons. The number of carbonyl (C=O) groups is 2. The third kappa shape index (κ3) is 3.79. The van der Waals surface area contributed by atoms with Crippen LogP contribution in [0, 0.1) is 5.92 Å². The van der Waals surface area contributed by atoms with E-state index in [1.54, 1.807) is 9.80 Å². The molecule has 2 fully saturated rings. The molecule has 0 saturated carbocycles. The van der Waals surface area contributed by atoms with Gasteiger partial charge in [-0.15, -0.1) is 0 Å². The van der Waals surface area contributed by atoms with Gasteiger partial charge in [-0.3, -0.25) is 23.9 Å². The van der Waals surface area contributed by atoms with Gasteiger partial charge in [-0.05, 0) is 31.8 Å². The Balaban J connectivity index is 1.69. The quantitative estimate of drug-likeness (QED) is 0.775. The minimum Gasteiger partial charge on any atom is -0.340 e. The molecule has 26 heavy (non-hydrogen) atoms. The van der Waals surface area contributed by atoms with Gasteiger partial charge in [-0.25, -0.2) is 4.79 Å². The molecule has 3 rings (SSSR count). The van der Waals surface area contributed by atoms with Crippen molar-refractivity contribution in [3.8, 4) is 0 Å². The van der Waals surface area contributed by atoms with E-state index in [0.29, 0.717) is 26.2 Å². The number of aromatic amines is 1. The van der Waals surface area contributed by atoms with Crippen LogP contribution < -0.4 is 11.2 Å². The molecule has 2 saturated heterocycles. The summed E-state index contributed by atoms with van der Waals surface area (Å²) in [6.45, 7) is 5.68. The minimum absolute atomic E-state index is 0.0359. The van der Waals surface area contributed by atoms with Crippen molar-refractivity contribution in [1.82, 2.24) is 19.4 Å². The molecule has 2 aliphatic rings. The van der Waals surface area contributed by atoms with Gasteiger partial charge < -0.3 is 9.80 Å². The SMILES string of the molecule is C=CC(=O)N1CCCC(C(=O)N2CCCC(n3ccc(=O)[nH]c3=O)C2)C1. The maximum atomic E-state index is 12.9. The number of nitrogens with zero attached hydrogens (tertiary/aromatic N) is 3. The number of piperidine rings is 2. The number of nitrogens with one attached hydrogen (secondary N) is 1. The van der Waals surface area contributed by atoms with Crippen LogP contribution in [0.15, 0.2) is 34.5 Å². The molecule has 0 aromatic carbocycles. The Morgan fingerprint density at radius 3 is 2.58 bits per heavy atom. The summed E-state index contributed by atoms with van der Waals surface area (Å²) in [5.41, 5.74) is -0.874. The molecule has 2 amide bonds. The van der Waals surface area contributed by atoms with Crippen molar-refractivity contribution < 1.29 is 9.59 Å². The molecule has 1 aromatic heterocycles. The lowest BCUT2D eigenvalue weighted by Gasteiger charge is -2.38. The summed E-state index contributed by atoms with van der Waals surface area (Å²) in [5, 5.41) is 0. The lowest BCUT2D eigenvalue weighted by atomic mass is 9.94. The van der Waals surface area contributed by atoms with E-state index in [4.69, 9.17) is 0 Å². The van der Waals surface area contributed by atoms with Crippen LogP contribution in [0.2, 0.25) is 0 Å². The summed E-state index contributed by atoms with van der Waals surface area (Å²) in [6, 6.07) is 1.17. The second-order valence-corrected chi connectivity index (χ2v) is 6.93. The molecular weight excluding hydrogens is 336 g/mol. The van der Waals surface area contributed by atoms with Crippen molar-refractivity contribution in [2.75, 3.05) is 26.2 Å². The summed E-state index contributed by atoms with van der Waals surface area (Å²) in [7, 11) is 0. The van der Waals surface area contributed by atoms with Crippen molar-refractivity contribution in [1.29, 1.82) is 0 Å². The van der Waals surface area contributed by atoms with E-state index in [2.05, 4.69) is 11.6 Å². The van der Waals surface area contributed by atoms with E-state index < -0.39 is 11.2 Å². The number of hydrogen-bond donors (Lipinski definition) is 1. The monoisotopic (exact) mass is 360 g/mol. The number of hydrogen-bond acceptors (Lipinski definition) is 4. The van der Waals surface area contributed by atoms with Crippen LogP contribution in [0.25, 0.3) is 0 Å². The normalized spacial score (nSPS) is 23.5. The molecule has 8 nitrogen and oxygen atoms in total. The predicted octanol–water partition coefficient (Wildman–Crippen LogP) is 0.125. The summed E-state index contributed by atoms with van der Waals surface area (Å²) >= 11 is 0. The number of H-pyrrole nitrogens is 1. The summed E-state index contributed by atoms with van der Waals surface area (Å²) in [6.07, 6.45) is 5.91. The lowest BCUT2D eigenvalue weighted by Crippen LogP contribution is -2.50. The smallest absolute Gasteiger partial charge is 0.328 e. The Morgan fingerprint density at radius 1 is 1.12 bits per heavy atom. The number of aromatic nitrogens is 2. The molecule has 8 heteroatoms. The van der Waals surface area contributed by atoms with Crippen LogP contribution in [0.1, 0.15) is 31.7 Å². The van der Waals surface area contributed by atoms with Crippen LogP contribution in [-0.4, -0.2) is 57.3 Å². The maximum Gasteiger partial charge on any atom is 0.328 e. The largest absolute Gasteiger partial charge is 0.340 e. The van der Waals surface area contributed by atoms with Crippen molar-refractivity contribution in [2.45, 2.75) is 31.7 Å². The molecule has 0 aliphatic carbocycles. The van der Waals surface area contributed by atoms with Gasteiger partial charge in [0.1, 0.15) is 0 Å². The summed E-state index contributed by atoms with van der Waals surface area (Å²) in [4.78, 5) is 53.8. The van der Waals surface area contributed by atoms with Gasteiger partial charge in [0.05, 0.1) is 12.0 Å². The maximum absolute atomic E-state index is 12.9. The van der Waals surface area contributed by atoms with E-state index >= 15 is 0 Å². The summed E-state index contributed by atoms with van der Waals surface area (Å²) < 4.78 is 1.50. The molecule has 0 radical (unpaired) electrons. The average molecular weight is 360 g/mol. The zero-order valence-corrected chi connectivity index (χ0v) is 14.7. The predicted molar refractivity (Wildman–Crippen MR) is 95.7 cm³/mol. The highest BCUT2D eigenvalue weighted by Crippen LogP contribution is 2.24. The first-order valence-corrected chi connectivity index (χ1v) is 9.01. The Bertz CT molecular complexity index is 812. The lowest BCUT2D eigenvalue weighted by molar-refractivity contribution is -0.140. The van der Waals surface area contributed by atoms with E-state index in [1.165, 1.54) is 22.9 Å². The van der Waals surface area contributed by atoms with Gasteiger partial charge in [0.2, 0.25) is 11.8 Å². The Labute approximate surface area is 151 Å². The zero-order valence-electron chi connectivity index (χ0n) is 14.7. The van der Waals surface area contributed by atoms with Crippen molar-refractivity contribution in [2.24, 2.45) is 5.92 Å². The van der Waals surface area contributed by atoms with Crippen molar-refractivity contribution >= 4 is 11.8 Å². The van der Waals surface area contributed by atoms with Gasteiger partial charge in [-0.2, -0.15) is 0 Å². The number of carbonyl (C=O) groups excluding carboxylic acids is 2. The molecule has 2 aliphatic heterocycles.